The standard InChI is InChI=1S/C17H13BrCl2N2OS/c18-12-5-6-15(20)13(9-12)16(23)22-8-7-21-17(22)24-10-11-3-1-2-4-14(11)19/h1-6,9H,7-8,10H2. The van der Waals surface area contributed by atoms with Gasteiger partial charge in [-0.15, -0.1) is 0 Å². The number of rotatable bonds is 3. The third-order valence-corrected chi connectivity index (χ3v) is 5.77. The Morgan fingerprint density at radius 2 is 2.00 bits per heavy atom. The number of amides is 1. The average molecular weight is 444 g/mol. The van der Waals surface area contributed by atoms with Crippen LogP contribution in [0.1, 0.15) is 15.9 Å². The van der Waals surface area contributed by atoms with E-state index in [0.717, 1.165) is 15.1 Å². The number of carbonyl (C=O) groups is 1. The van der Waals surface area contributed by atoms with Crippen LogP contribution >= 0.6 is 50.9 Å². The fourth-order valence-corrected chi connectivity index (χ4v) is 4.19. The quantitative estimate of drug-likeness (QED) is 0.627. The second kappa shape index (κ2) is 7.91. The maximum absolute atomic E-state index is 12.8. The van der Waals surface area contributed by atoms with Crippen LogP contribution in [0, 0.1) is 0 Å². The number of benzene rings is 2. The average Bonchev–Trinajstić information content (AvgIpc) is 3.04. The monoisotopic (exact) mass is 442 g/mol. The molecule has 0 saturated carbocycles. The molecule has 0 fully saturated rings. The molecule has 24 heavy (non-hydrogen) atoms. The number of carbonyl (C=O) groups excluding carboxylic acids is 1. The minimum absolute atomic E-state index is 0.135. The van der Waals surface area contributed by atoms with Gasteiger partial charge in [-0.05, 0) is 29.8 Å². The van der Waals surface area contributed by atoms with Crippen LogP contribution in [0.4, 0.5) is 0 Å². The molecular formula is C17H13BrCl2N2OS. The fraction of sp³-hybridized carbons (Fsp3) is 0.176. The summed E-state index contributed by atoms with van der Waals surface area (Å²) >= 11 is 17.3. The molecule has 0 unspecified atom stereocenters. The van der Waals surface area contributed by atoms with E-state index in [1.807, 2.05) is 30.3 Å². The van der Waals surface area contributed by atoms with Gasteiger partial charge in [0.25, 0.3) is 5.91 Å². The topological polar surface area (TPSA) is 32.7 Å². The lowest BCUT2D eigenvalue weighted by atomic mass is 10.2. The molecule has 0 N–H and O–H groups in total. The molecule has 1 amide bonds. The molecular weight excluding hydrogens is 431 g/mol. The van der Waals surface area contributed by atoms with Crippen LogP contribution in [-0.4, -0.2) is 29.1 Å². The zero-order valence-electron chi connectivity index (χ0n) is 12.5. The van der Waals surface area contributed by atoms with Crippen LogP contribution in [0.15, 0.2) is 51.9 Å². The van der Waals surface area contributed by atoms with Gasteiger partial charge in [-0.25, -0.2) is 0 Å². The van der Waals surface area contributed by atoms with Gasteiger partial charge in [-0.1, -0.05) is 69.1 Å². The van der Waals surface area contributed by atoms with E-state index in [9.17, 15) is 4.79 Å². The molecule has 1 heterocycles. The SMILES string of the molecule is O=C(c1cc(Br)ccc1Cl)N1CCN=C1SCc1ccccc1Cl. The van der Waals surface area contributed by atoms with Gasteiger partial charge in [0.05, 0.1) is 17.1 Å². The van der Waals surface area contributed by atoms with Crippen molar-refractivity contribution in [1.29, 1.82) is 0 Å². The smallest absolute Gasteiger partial charge is 0.261 e. The van der Waals surface area contributed by atoms with E-state index in [2.05, 4.69) is 20.9 Å². The summed E-state index contributed by atoms with van der Waals surface area (Å²) in [6.07, 6.45) is 0. The first-order chi connectivity index (χ1) is 11.6. The number of aliphatic imine (C=N–C) groups is 1. The Labute approximate surface area is 163 Å². The summed E-state index contributed by atoms with van der Waals surface area (Å²) in [5.41, 5.74) is 1.49. The molecule has 7 heteroatoms. The van der Waals surface area contributed by atoms with Gasteiger partial charge in [0.2, 0.25) is 0 Å². The zero-order valence-corrected chi connectivity index (χ0v) is 16.4. The highest BCUT2D eigenvalue weighted by Gasteiger charge is 2.26. The van der Waals surface area contributed by atoms with Gasteiger partial charge in [-0.3, -0.25) is 14.7 Å². The molecule has 0 spiro atoms. The number of hydrogen-bond donors (Lipinski definition) is 0. The van der Waals surface area contributed by atoms with Crippen molar-refractivity contribution in [3.05, 3.63) is 68.1 Å². The summed E-state index contributed by atoms with van der Waals surface area (Å²) in [4.78, 5) is 18.9. The minimum atomic E-state index is -0.135. The van der Waals surface area contributed by atoms with E-state index < -0.39 is 0 Å². The second-order valence-corrected chi connectivity index (χ2v) is 7.80. The van der Waals surface area contributed by atoms with Crippen molar-refractivity contribution in [2.45, 2.75) is 5.75 Å². The maximum Gasteiger partial charge on any atom is 0.261 e. The van der Waals surface area contributed by atoms with E-state index in [1.54, 1.807) is 17.0 Å². The molecule has 3 nitrogen and oxygen atoms in total. The normalized spacial score (nSPS) is 14.0. The number of nitrogens with zero attached hydrogens (tertiary/aromatic N) is 2. The van der Waals surface area contributed by atoms with E-state index >= 15 is 0 Å². The van der Waals surface area contributed by atoms with Crippen molar-refractivity contribution in [3.63, 3.8) is 0 Å². The summed E-state index contributed by atoms with van der Waals surface area (Å²) in [7, 11) is 0. The van der Waals surface area contributed by atoms with Crippen molar-refractivity contribution in [2.75, 3.05) is 13.1 Å². The molecule has 0 aromatic heterocycles. The maximum atomic E-state index is 12.8. The van der Waals surface area contributed by atoms with Crippen LogP contribution in [0.5, 0.6) is 0 Å². The van der Waals surface area contributed by atoms with Gasteiger partial charge in [0, 0.05) is 21.8 Å². The van der Waals surface area contributed by atoms with Crippen molar-refractivity contribution in [1.82, 2.24) is 4.90 Å². The molecule has 0 radical (unpaired) electrons. The number of thioether (sulfide) groups is 1. The highest BCUT2D eigenvalue weighted by atomic mass is 79.9. The number of hydrogen-bond acceptors (Lipinski definition) is 3. The Kier molecular flexibility index (Phi) is 5.87. The first-order valence-electron chi connectivity index (χ1n) is 7.24. The molecule has 0 atom stereocenters. The van der Waals surface area contributed by atoms with E-state index in [0.29, 0.717) is 34.6 Å². The Morgan fingerprint density at radius 1 is 1.21 bits per heavy atom. The van der Waals surface area contributed by atoms with E-state index in [-0.39, 0.29) is 5.91 Å². The molecule has 2 aromatic carbocycles. The van der Waals surface area contributed by atoms with Crippen molar-refractivity contribution in [3.8, 4) is 0 Å². The number of halogens is 3. The van der Waals surface area contributed by atoms with Crippen molar-refractivity contribution in [2.24, 2.45) is 4.99 Å². The molecule has 1 aliphatic heterocycles. The largest absolute Gasteiger partial charge is 0.286 e. The first-order valence-corrected chi connectivity index (χ1v) is 9.77. The highest BCUT2D eigenvalue weighted by molar-refractivity contribution is 9.10. The molecule has 2 aromatic rings. The summed E-state index contributed by atoms with van der Waals surface area (Å²) in [6, 6.07) is 12.9. The molecule has 0 aliphatic carbocycles. The Balaban J connectivity index is 1.74. The molecule has 3 rings (SSSR count). The molecule has 1 aliphatic rings. The minimum Gasteiger partial charge on any atom is -0.286 e. The summed E-state index contributed by atoms with van der Waals surface area (Å²) in [5.74, 6) is 0.526. The summed E-state index contributed by atoms with van der Waals surface area (Å²) < 4.78 is 0.816. The van der Waals surface area contributed by atoms with Gasteiger partial charge >= 0.3 is 0 Å². The van der Waals surface area contributed by atoms with E-state index in [1.165, 1.54) is 11.8 Å². The van der Waals surface area contributed by atoms with Crippen LogP contribution in [0.25, 0.3) is 0 Å². The fourth-order valence-electron chi connectivity index (χ4n) is 2.30. The lowest BCUT2D eigenvalue weighted by Gasteiger charge is -2.19. The van der Waals surface area contributed by atoms with Crippen molar-refractivity contribution >= 4 is 62.0 Å². The Hall–Kier alpha value is -1.01. The predicted molar refractivity (Wildman–Crippen MR) is 105 cm³/mol. The van der Waals surface area contributed by atoms with Gasteiger partial charge in [0.1, 0.15) is 0 Å². The molecule has 0 bridgehead atoms. The summed E-state index contributed by atoms with van der Waals surface area (Å²) in [6.45, 7) is 1.16. The van der Waals surface area contributed by atoms with Crippen LogP contribution in [0.2, 0.25) is 10.0 Å². The van der Waals surface area contributed by atoms with Crippen LogP contribution in [0.3, 0.4) is 0 Å². The van der Waals surface area contributed by atoms with Crippen molar-refractivity contribution < 1.29 is 4.79 Å². The van der Waals surface area contributed by atoms with Gasteiger partial charge < -0.3 is 0 Å². The third-order valence-electron chi connectivity index (χ3n) is 3.52. The Morgan fingerprint density at radius 3 is 2.79 bits per heavy atom. The second-order valence-electron chi connectivity index (χ2n) is 5.13. The lowest BCUT2D eigenvalue weighted by molar-refractivity contribution is 0.0861. The van der Waals surface area contributed by atoms with Gasteiger partial charge in [0.15, 0.2) is 5.17 Å². The van der Waals surface area contributed by atoms with Crippen LogP contribution < -0.4 is 0 Å². The number of amidine groups is 1. The zero-order chi connectivity index (χ0) is 17.1. The highest BCUT2D eigenvalue weighted by Crippen LogP contribution is 2.27. The summed E-state index contributed by atoms with van der Waals surface area (Å²) in [5, 5.41) is 1.86. The molecule has 124 valence electrons. The predicted octanol–water partition coefficient (Wildman–Crippen LogP) is 5.50. The van der Waals surface area contributed by atoms with Crippen LogP contribution in [-0.2, 0) is 5.75 Å². The lowest BCUT2D eigenvalue weighted by Crippen LogP contribution is -2.33. The molecule has 0 saturated heterocycles. The van der Waals surface area contributed by atoms with Gasteiger partial charge in [-0.2, -0.15) is 0 Å². The van der Waals surface area contributed by atoms with E-state index in [4.69, 9.17) is 23.2 Å². The third kappa shape index (κ3) is 3.97. The Bertz CT molecular complexity index is 813. The first kappa shape index (κ1) is 17.8.